The molecular weight excluding hydrogens is 204 g/mol. The molecule has 0 aromatic carbocycles. The van der Waals surface area contributed by atoms with Gasteiger partial charge in [-0.05, 0) is 26.3 Å². The van der Waals surface area contributed by atoms with Crippen LogP contribution in [0.2, 0.25) is 0 Å². The third-order valence-electron chi connectivity index (χ3n) is 2.74. The predicted molar refractivity (Wildman–Crippen MR) is 63.8 cm³/mol. The van der Waals surface area contributed by atoms with E-state index in [2.05, 4.69) is 18.9 Å². The molecule has 0 saturated heterocycles. The smallest absolute Gasteiger partial charge is 0.244 e. The van der Waals surface area contributed by atoms with Crippen LogP contribution < -0.4 is 5.73 Å². The first kappa shape index (κ1) is 12.5. The summed E-state index contributed by atoms with van der Waals surface area (Å²) in [6.45, 7) is 7.10. The Morgan fingerprint density at radius 2 is 2.31 bits per heavy atom. The molecule has 90 valence electrons. The van der Waals surface area contributed by atoms with Crippen LogP contribution in [0.1, 0.15) is 27.2 Å². The molecule has 0 spiro atoms. The number of hydrogen-bond acceptors (Lipinski definition) is 3. The second kappa shape index (κ2) is 5.53. The second-order valence-corrected chi connectivity index (χ2v) is 3.88. The Balaban J connectivity index is 2.62. The lowest BCUT2D eigenvalue weighted by molar-refractivity contribution is -0.133. The van der Waals surface area contributed by atoms with Crippen molar-refractivity contribution in [1.82, 2.24) is 14.7 Å². The highest BCUT2D eigenvalue weighted by molar-refractivity contribution is 5.76. The molecule has 0 aliphatic rings. The van der Waals surface area contributed by atoms with Crippen molar-refractivity contribution in [2.45, 2.75) is 39.8 Å². The number of amides is 1. The minimum atomic E-state index is 0.0833. The SMILES string of the molecule is CCC(C)N(CC)C(=O)Cn1ccc(N)n1. The summed E-state index contributed by atoms with van der Waals surface area (Å²) in [4.78, 5) is 13.8. The largest absolute Gasteiger partial charge is 0.382 e. The molecule has 5 nitrogen and oxygen atoms in total. The molecule has 0 bridgehead atoms. The summed E-state index contributed by atoms with van der Waals surface area (Å²) in [6, 6.07) is 1.96. The lowest BCUT2D eigenvalue weighted by Gasteiger charge is -2.27. The van der Waals surface area contributed by atoms with Gasteiger partial charge in [-0.2, -0.15) is 5.10 Å². The number of nitrogens with zero attached hydrogens (tertiary/aromatic N) is 3. The summed E-state index contributed by atoms with van der Waals surface area (Å²) in [6.07, 6.45) is 2.68. The Morgan fingerprint density at radius 3 is 2.75 bits per heavy atom. The molecule has 5 heteroatoms. The van der Waals surface area contributed by atoms with Crippen LogP contribution in [0, 0.1) is 0 Å². The third-order valence-corrected chi connectivity index (χ3v) is 2.74. The Bertz CT molecular complexity index is 348. The van der Waals surface area contributed by atoms with Gasteiger partial charge in [-0.15, -0.1) is 0 Å². The molecule has 16 heavy (non-hydrogen) atoms. The zero-order valence-electron chi connectivity index (χ0n) is 10.2. The fourth-order valence-corrected chi connectivity index (χ4v) is 1.65. The lowest BCUT2D eigenvalue weighted by atomic mass is 10.2. The van der Waals surface area contributed by atoms with Crippen LogP contribution in [0.3, 0.4) is 0 Å². The maximum absolute atomic E-state index is 12.0. The summed E-state index contributed by atoms with van der Waals surface area (Å²) in [5, 5.41) is 4.00. The van der Waals surface area contributed by atoms with Gasteiger partial charge in [0.25, 0.3) is 0 Å². The number of likely N-dealkylation sites (N-methyl/N-ethyl adjacent to an activating group) is 1. The number of carbonyl (C=O) groups excluding carboxylic acids is 1. The Kier molecular flexibility index (Phi) is 4.34. The molecule has 1 amide bonds. The maximum atomic E-state index is 12.0. The van der Waals surface area contributed by atoms with Gasteiger partial charge in [0.1, 0.15) is 12.4 Å². The Labute approximate surface area is 96.2 Å². The number of hydrogen-bond donors (Lipinski definition) is 1. The number of nitrogen functional groups attached to an aromatic ring is 1. The molecule has 1 aromatic heterocycles. The topological polar surface area (TPSA) is 64.2 Å². The molecule has 1 aromatic rings. The quantitative estimate of drug-likeness (QED) is 0.815. The summed E-state index contributed by atoms with van der Waals surface area (Å²) >= 11 is 0. The maximum Gasteiger partial charge on any atom is 0.244 e. The van der Waals surface area contributed by atoms with E-state index in [9.17, 15) is 4.79 Å². The van der Waals surface area contributed by atoms with Gasteiger partial charge in [0, 0.05) is 18.8 Å². The van der Waals surface area contributed by atoms with Gasteiger partial charge in [-0.3, -0.25) is 9.48 Å². The Hall–Kier alpha value is -1.52. The minimum Gasteiger partial charge on any atom is -0.382 e. The summed E-state index contributed by atoms with van der Waals surface area (Å²) in [5.41, 5.74) is 5.49. The van der Waals surface area contributed by atoms with Gasteiger partial charge in [0.05, 0.1) is 0 Å². The highest BCUT2D eigenvalue weighted by Crippen LogP contribution is 2.05. The van der Waals surface area contributed by atoms with Crippen LogP contribution in [0.4, 0.5) is 5.82 Å². The molecule has 0 fully saturated rings. The van der Waals surface area contributed by atoms with E-state index in [0.717, 1.165) is 13.0 Å². The van der Waals surface area contributed by atoms with E-state index in [1.165, 1.54) is 0 Å². The number of rotatable bonds is 5. The van der Waals surface area contributed by atoms with Crippen molar-refractivity contribution in [3.63, 3.8) is 0 Å². The van der Waals surface area contributed by atoms with Crippen molar-refractivity contribution in [1.29, 1.82) is 0 Å². The molecule has 0 radical (unpaired) electrons. The molecule has 0 aliphatic carbocycles. The first-order chi connectivity index (χ1) is 7.58. The van der Waals surface area contributed by atoms with E-state index in [-0.39, 0.29) is 18.5 Å². The molecule has 1 unspecified atom stereocenters. The first-order valence-electron chi connectivity index (χ1n) is 5.66. The highest BCUT2D eigenvalue weighted by atomic mass is 16.2. The van der Waals surface area contributed by atoms with Crippen molar-refractivity contribution in [2.75, 3.05) is 12.3 Å². The van der Waals surface area contributed by atoms with Crippen LogP contribution in [0.5, 0.6) is 0 Å². The zero-order chi connectivity index (χ0) is 12.1. The summed E-state index contributed by atoms with van der Waals surface area (Å²) < 4.78 is 1.57. The molecule has 2 N–H and O–H groups in total. The molecule has 1 rings (SSSR count). The van der Waals surface area contributed by atoms with Crippen LogP contribution >= 0.6 is 0 Å². The monoisotopic (exact) mass is 224 g/mol. The van der Waals surface area contributed by atoms with Crippen molar-refractivity contribution in [3.05, 3.63) is 12.3 Å². The van der Waals surface area contributed by atoms with Crippen molar-refractivity contribution in [3.8, 4) is 0 Å². The number of aromatic nitrogens is 2. The van der Waals surface area contributed by atoms with Gasteiger partial charge < -0.3 is 10.6 Å². The molecule has 0 saturated carbocycles. The Morgan fingerprint density at radius 1 is 1.62 bits per heavy atom. The average Bonchev–Trinajstić information content (AvgIpc) is 2.64. The van der Waals surface area contributed by atoms with Crippen LogP contribution in [-0.4, -0.2) is 33.2 Å². The average molecular weight is 224 g/mol. The number of anilines is 1. The van der Waals surface area contributed by atoms with E-state index in [4.69, 9.17) is 5.73 Å². The highest BCUT2D eigenvalue weighted by Gasteiger charge is 2.17. The van der Waals surface area contributed by atoms with E-state index in [1.807, 2.05) is 11.8 Å². The molecule has 0 aliphatic heterocycles. The lowest BCUT2D eigenvalue weighted by Crippen LogP contribution is -2.40. The number of carbonyl (C=O) groups is 1. The van der Waals surface area contributed by atoms with E-state index >= 15 is 0 Å². The van der Waals surface area contributed by atoms with Gasteiger partial charge in [-0.25, -0.2) is 0 Å². The van der Waals surface area contributed by atoms with Crippen LogP contribution in [0.25, 0.3) is 0 Å². The third kappa shape index (κ3) is 2.98. The first-order valence-corrected chi connectivity index (χ1v) is 5.66. The van der Waals surface area contributed by atoms with Crippen molar-refractivity contribution in [2.24, 2.45) is 0 Å². The predicted octanol–water partition coefficient (Wildman–Crippen LogP) is 1.11. The molecule has 1 atom stereocenters. The normalized spacial score (nSPS) is 12.4. The van der Waals surface area contributed by atoms with Gasteiger partial charge in [-0.1, -0.05) is 6.92 Å². The van der Waals surface area contributed by atoms with Crippen LogP contribution in [0.15, 0.2) is 12.3 Å². The molecular formula is C11H20N4O. The van der Waals surface area contributed by atoms with E-state index in [0.29, 0.717) is 5.82 Å². The fourth-order valence-electron chi connectivity index (χ4n) is 1.65. The zero-order valence-corrected chi connectivity index (χ0v) is 10.2. The standard InChI is InChI=1S/C11H20N4O/c1-4-9(3)15(5-2)11(16)8-14-7-6-10(12)13-14/h6-7,9H,4-5,8H2,1-3H3,(H2,12,13). The second-order valence-electron chi connectivity index (χ2n) is 3.88. The van der Waals surface area contributed by atoms with Gasteiger partial charge in [0.15, 0.2) is 0 Å². The number of nitrogens with two attached hydrogens (primary N) is 1. The summed E-state index contributed by atoms with van der Waals surface area (Å²) in [5.74, 6) is 0.527. The molecule has 1 heterocycles. The summed E-state index contributed by atoms with van der Waals surface area (Å²) in [7, 11) is 0. The van der Waals surface area contributed by atoms with Gasteiger partial charge in [0.2, 0.25) is 5.91 Å². The van der Waals surface area contributed by atoms with Gasteiger partial charge >= 0.3 is 0 Å². The fraction of sp³-hybridized carbons (Fsp3) is 0.636. The van der Waals surface area contributed by atoms with E-state index < -0.39 is 0 Å². The van der Waals surface area contributed by atoms with Crippen molar-refractivity contribution >= 4 is 11.7 Å². The van der Waals surface area contributed by atoms with Crippen LogP contribution in [-0.2, 0) is 11.3 Å². The van der Waals surface area contributed by atoms with Crippen molar-refractivity contribution < 1.29 is 4.79 Å². The van der Waals surface area contributed by atoms with E-state index in [1.54, 1.807) is 16.9 Å². The minimum absolute atomic E-state index is 0.0833.